The maximum Gasteiger partial charge on any atom is 0.222 e. The van der Waals surface area contributed by atoms with E-state index in [4.69, 9.17) is 0 Å². The predicted octanol–water partition coefficient (Wildman–Crippen LogP) is 3.53. The maximum atomic E-state index is 12.3. The molecule has 1 aromatic carbocycles. The summed E-state index contributed by atoms with van der Waals surface area (Å²) in [4.78, 5) is 20.4. The van der Waals surface area contributed by atoms with Gasteiger partial charge in [-0.05, 0) is 67.8 Å². The predicted molar refractivity (Wildman–Crippen MR) is 99.2 cm³/mol. The zero-order chi connectivity index (χ0) is 16.9. The molecule has 1 atom stereocenters. The molecule has 2 aromatic rings. The number of piperidine rings is 2. The summed E-state index contributed by atoms with van der Waals surface area (Å²) in [5, 5.41) is 1.30. The minimum Gasteiger partial charge on any atom is -0.361 e. The number of carbonyl (C=O) groups excluding carboxylic acids is 1. The number of fused-ring (bicyclic) bond motifs is 1. The van der Waals surface area contributed by atoms with Crippen LogP contribution in [0.15, 0.2) is 30.5 Å². The lowest BCUT2D eigenvalue weighted by atomic mass is 9.73. The Balaban J connectivity index is 1.31. The molecule has 0 radical (unpaired) electrons. The summed E-state index contributed by atoms with van der Waals surface area (Å²) < 4.78 is 0. The molecule has 4 nitrogen and oxygen atoms in total. The van der Waals surface area contributed by atoms with E-state index < -0.39 is 0 Å². The molecule has 1 saturated carbocycles. The molecule has 25 heavy (non-hydrogen) atoms. The zero-order valence-corrected chi connectivity index (χ0v) is 14.8. The van der Waals surface area contributed by atoms with Crippen molar-refractivity contribution in [3.8, 4) is 0 Å². The van der Waals surface area contributed by atoms with Crippen LogP contribution in [0.5, 0.6) is 0 Å². The molecule has 2 saturated heterocycles. The Kier molecular flexibility index (Phi) is 3.63. The van der Waals surface area contributed by atoms with Crippen LogP contribution >= 0.6 is 0 Å². The number of rotatable bonds is 3. The van der Waals surface area contributed by atoms with Crippen LogP contribution in [-0.2, 0) is 11.3 Å². The molecule has 1 amide bonds. The Labute approximate surface area is 149 Å². The molecule has 1 spiro atoms. The first-order chi connectivity index (χ1) is 12.2. The molecule has 4 heteroatoms. The van der Waals surface area contributed by atoms with E-state index in [2.05, 4.69) is 39.0 Å². The minimum absolute atomic E-state index is 0.340. The van der Waals surface area contributed by atoms with Gasteiger partial charge in [0.1, 0.15) is 0 Å². The maximum absolute atomic E-state index is 12.3. The lowest BCUT2D eigenvalue weighted by molar-refractivity contribution is -0.140. The van der Waals surface area contributed by atoms with Gasteiger partial charge in [0.15, 0.2) is 0 Å². The van der Waals surface area contributed by atoms with Gasteiger partial charge in [0.2, 0.25) is 5.91 Å². The lowest BCUT2D eigenvalue weighted by Crippen LogP contribution is -2.54. The molecule has 1 aromatic heterocycles. The van der Waals surface area contributed by atoms with Gasteiger partial charge in [-0.15, -0.1) is 0 Å². The monoisotopic (exact) mass is 337 g/mol. The van der Waals surface area contributed by atoms with Gasteiger partial charge in [-0.25, -0.2) is 0 Å². The quantitative estimate of drug-likeness (QED) is 0.930. The first-order valence-electron chi connectivity index (χ1n) is 9.79. The largest absolute Gasteiger partial charge is 0.361 e. The third kappa shape index (κ3) is 2.97. The molecule has 1 N–H and O–H groups in total. The second-order valence-electron chi connectivity index (χ2n) is 8.47. The minimum atomic E-state index is 0.340. The van der Waals surface area contributed by atoms with E-state index in [0.29, 0.717) is 17.4 Å². The highest BCUT2D eigenvalue weighted by molar-refractivity contribution is 5.80. The van der Waals surface area contributed by atoms with Gasteiger partial charge < -0.3 is 9.88 Å². The van der Waals surface area contributed by atoms with E-state index in [9.17, 15) is 4.79 Å². The Bertz CT molecular complexity index is 793. The number of benzene rings is 1. The molecule has 2 aliphatic heterocycles. The molecule has 5 rings (SSSR count). The van der Waals surface area contributed by atoms with Gasteiger partial charge in [0.05, 0.1) is 0 Å². The summed E-state index contributed by atoms with van der Waals surface area (Å²) >= 11 is 0. The summed E-state index contributed by atoms with van der Waals surface area (Å²) in [6.07, 6.45) is 8.86. The van der Waals surface area contributed by atoms with Crippen molar-refractivity contribution in [1.29, 1.82) is 0 Å². The number of nitrogens with one attached hydrogen (secondary N) is 1. The lowest BCUT2D eigenvalue weighted by Gasteiger charge is -2.48. The third-order valence-electron chi connectivity index (χ3n) is 6.45. The number of hydrogen-bond acceptors (Lipinski definition) is 2. The average molecular weight is 337 g/mol. The third-order valence-corrected chi connectivity index (χ3v) is 6.45. The van der Waals surface area contributed by atoms with Crippen molar-refractivity contribution in [2.75, 3.05) is 19.6 Å². The van der Waals surface area contributed by atoms with E-state index >= 15 is 0 Å². The Morgan fingerprint density at radius 3 is 2.96 bits per heavy atom. The highest BCUT2D eigenvalue weighted by Gasteiger charge is 2.45. The summed E-state index contributed by atoms with van der Waals surface area (Å²) in [6.45, 7) is 4.36. The smallest absolute Gasteiger partial charge is 0.222 e. The molecular weight excluding hydrogens is 310 g/mol. The topological polar surface area (TPSA) is 39.3 Å². The number of nitrogens with zero attached hydrogens (tertiary/aromatic N) is 2. The van der Waals surface area contributed by atoms with Crippen LogP contribution in [0.3, 0.4) is 0 Å². The van der Waals surface area contributed by atoms with Crippen LogP contribution in [0.25, 0.3) is 10.9 Å². The Morgan fingerprint density at radius 1 is 1.16 bits per heavy atom. The number of amides is 1. The molecule has 3 aliphatic rings. The molecular formula is C21H27N3O. The van der Waals surface area contributed by atoms with Gasteiger partial charge in [-0.1, -0.05) is 6.07 Å². The number of hydrogen-bond donors (Lipinski definition) is 1. The SMILES string of the molecule is O=C1CCC2(CCCN(Cc3ccc4[nH]ccc4c3)C2)CN1C1CC1. The van der Waals surface area contributed by atoms with Crippen molar-refractivity contribution in [2.24, 2.45) is 5.41 Å². The van der Waals surface area contributed by atoms with Gasteiger partial charge in [0.25, 0.3) is 0 Å². The Morgan fingerprint density at radius 2 is 2.08 bits per heavy atom. The van der Waals surface area contributed by atoms with Crippen LogP contribution in [-0.4, -0.2) is 46.4 Å². The fourth-order valence-electron chi connectivity index (χ4n) is 5.00. The van der Waals surface area contributed by atoms with Crippen molar-refractivity contribution >= 4 is 16.8 Å². The first kappa shape index (κ1) is 15.4. The van der Waals surface area contributed by atoms with Crippen LogP contribution < -0.4 is 0 Å². The van der Waals surface area contributed by atoms with Gasteiger partial charge in [0, 0.05) is 49.2 Å². The molecule has 132 valence electrons. The number of aromatic nitrogens is 1. The van der Waals surface area contributed by atoms with E-state index in [-0.39, 0.29) is 0 Å². The molecule has 3 heterocycles. The van der Waals surface area contributed by atoms with Crippen LogP contribution in [0.1, 0.15) is 44.1 Å². The van der Waals surface area contributed by atoms with Crippen molar-refractivity contribution in [3.05, 3.63) is 36.0 Å². The molecule has 0 bridgehead atoms. The number of H-pyrrole nitrogens is 1. The summed E-state index contributed by atoms with van der Waals surface area (Å²) in [5.74, 6) is 0.406. The zero-order valence-electron chi connectivity index (χ0n) is 14.8. The Hall–Kier alpha value is -1.81. The van der Waals surface area contributed by atoms with Gasteiger partial charge in [-0.2, -0.15) is 0 Å². The van der Waals surface area contributed by atoms with Crippen LogP contribution in [0, 0.1) is 5.41 Å². The fraction of sp³-hybridized carbons (Fsp3) is 0.571. The number of likely N-dealkylation sites (tertiary alicyclic amines) is 2. The van der Waals surface area contributed by atoms with E-state index in [1.165, 1.54) is 48.7 Å². The van der Waals surface area contributed by atoms with Crippen LogP contribution in [0.2, 0.25) is 0 Å². The summed E-state index contributed by atoms with van der Waals surface area (Å²) in [5.41, 5.74) is 2.95. The highest BCUT2D eigenvalue weighted by atomic mass is 16.2. The summed E-state index contributed by atoms with van der Waals surface area (Å²) in [7, 11) is 0. The second-order valence-corrected chi connectivity index (χ2v) is 8.47. The molecule has 3 fully saturated rings. The summed E-state index contributed by atoms with van der Waals surface area (Å²) in [6, 6.07) is 9.47. The highest BCUT2D eigenvalue weighted by Crippen LogP contribution is 2.42. The fourth-order valence-corrected chi connectivity index (χ4v) is 5.00. The number of carbonyl (C=O) groups is 1. The standard InChI is InChI=1S/C21H27N3O/c25-20-6-9-21(15-24(20)18-3-4-18)8-1-11-23(14-21)13-16-2-5-19-17(12-16)7-10-22-19/h2,5,7,10,12,18,22H,1,3-4,6,8-9,11,13-15H2. The first-order valence-corrected chi connectivity index (χ1v) is 9.79. The number of aromatic amines is 1. The van der Waals surface area contributed by atoms with Gasteiger partial charge >= 0.3 is 0 Å². The van der Waals surface area contributed by atoms with Crippen molar-refractivity contribution < 1.29 is 4.79 Å². The van der Waals surface area contributed by atoms with E-state index in [0.717, 1.165) is 32.5 Å². The van der Waals surface area contributed by atoms with Gasteiger partial charge in [-0.3, -0.25) is 9.69 Å². The molecule has 1 unspecified atom stereocenters. The van der Waals surface area contributed by atoms with E-state index in [1.807, 2.05) is 6.20 Å². The average Bonchev–Trinajstić information content (AvgIpc) is 3.35. The van der Waals surface area contributed by atoms with E-state index in [1.54, 1.807) is 0 Å². The van der Waals surface area contributed by atoms with Crippen molar-refractivity contribution in [3.63, 3.8) is 0 Å². The normalized spacial score (nSPS) is 28.2. The molecule has 1 aliphatic carbocycles. The van der Waals surface area contributed by atoms with Crippen molar-refractivity contribution in [2.45, 2.75) is 51.1 Å². The van der Waals surface area contributed by atoms with Crippen LogP contribution in [0.4, 0.5) is 0 Å². The van der Waals surface area contributed by atoms with Crippen molar-refractivity contribution in [1.82, 2.24) is 14.8 Å². The second kappa shape index (κ2) is 5.87.